The predicted octanol–water partition coefficient (Wildman–Crippen LogP) is 0.707. The fourth-order valence-corrected chi connectivity index (χ4v) is 0.789. The maximum atomic E-state index is 10.6. The van der Waals surface area contributed by atoms with Crippen LogP contribution in [0.25, 0.3) is 0 Å². The quantitative estimate of drug-likeness (QED) is 0.287. The highest BCUT2D eigenvalue weighted by molar-refractivity contribution is 5.80. The van der Waals surface area contributed by atoms with Gasteiger partial charge in [0.15, 0.2) is 0 Å². The van der Waals surface area contributed by atoms with Gasteiger partial charge in [0.05, 0.1) is 12.9 Å². The molecule has 0 atom stereocenters. The van der Waals surface area contributed by atoms with Crippen molar-refractivity contribution >= 4 is 11.8 Å². The number of rotatable bonds is 5. The Bertz CT molecular complexity index is 166. The molecule has 70 valence electrons. The van der Waals surface area contributed by atoms with E-state index in [1.807, 2.05) is 0 Å². The number of aliphatic imine (C=N–C) groups is 1. The maximum Gasteiger partial charge on any atom is 0.305 e. The first-order valence-corrected chi connectivity index (χ1v) is 3.98. The largest absolute Gasteiger partial charge is 0.469 e. The number of ether oxygens (including phenoxy) is 1. The zero-order valence-corrected chi connectivity index (χ0v) is 7.67. The molecule has 4 nitrogen and oxygen atoms in total. The molecule has 0 bridgehead atoms. The molecule has 0 aromatic rings. The Morgan fingerprint density at radius 3 is 2.50 bits per heavy atom. The Hall–Kier alpha value is -1.06. The summed E-state index contributed by atoms with van der Waals surface area (Å²) in [7, 11) is 3.06. The molecule has 0 aliphatic carbocycles. The number of unbranched alkanes of at least 4 members (excludes halogenated alkanes) is 1. The van der Waals surface area contributed by atoms with Crippen molar-refractivity contribution in [2.45, 2.75) is 25.7 Å². The Morgan fingerprint density at radius 1 is 1.42 bits per heavy atom. The fourth-order valence-electron chi connectivity index (χ4n) is 0.789. The number of carbonyl (C=O) groups excluding carboxylic acids is 1. The number of esters is 1. The molecule has 0 fully saturated rings. The summed E-state index contributed by atoms with van der Waals surface area (Å²) in [5.74, 6) is 0.474. The SMILES string of the molecule is CN=C(N)CCCCC(=O)OC. The van der Waals surface area contributed by atoms with E-state index in [9.17, 15) is 4.79 Å². The molecule has 0 saturated heterocycles. The number of nitrogens with two attached hydrogens (primary N) is 1. The van der Waals surface area contributed by atoms with Crippen LogP contribution in [-0.4, -0.2) is 26.0 Å². The zero-order chi connectivity index (χ0) is 9.40. The van der Waals surface area contributed by atoms with E-state index >= 15 is 0 Å². The zero-order valence-electron chi connectivity index (χ0n) is 7.67. The van der Waals surface area contributed by atoms with E-state index in [1.165, 1.54) is 7.11 Å². The molecule has 2 N–H and O–H groups in total. The summed E-state index contributed by atoms with van der Waals surface area (Å²) in [6.45, 7) is 0. The highest BCUT2D eigenvalue weighted by Crippen LogP contribution is 2.00. The van der Waals surface area contributed by atoms with Crippen LogP contribution >= 0.6 is 0 Å². The van der Waals surface area contributed by atoms with Gasteiger partial charge in [-0.3, -0.25) is 9.79 Å². The lowest BCUT2D eigenvalue weighted by molar-refractivity contribution is -0.140. The minimum atomic E-state index is -0.165. The van der Waals surface area contributed by atoms with Gasteiger partial charge in [-0.2, -0.15) is 0 Å². The Labute approximate surface area is 72.8 Å². The fraction of sp³-hybridized carbons (Fsp3) is 0.750. The van der Waals surface area contributed by atoms with Crippen LogP contribution in [0, 0.1) is 0 Å². The summed E-state index contributed by atoms with van der Waals surface area (Å²) in [6, 6.07) is 0. The van der Waals surface area contributed by atoms with Crippen molar-refractivity contribution in [1.29, 1.82) is 0 Å². The van der Waals surface area contributed by atoms with E-state index < -0.39 is 0 Å². The molecule has 4 heteroatoms. The molecule has 0 radical (unpaired) electrons. The highest BCUT2D eigenvalue weighted by atomic mass is 16.5. The van der Waals surface area contributed by atoms with E-state index in [1.54, 1.807) is 7.05 Å². The molecule has 0 aliphatic rings. The molecule has 0 heterocycles. The van der Waals surface area contributed by atoms with Gasteiger partial charge in [-0.05, 0) is 12.8 Å². The first-order chi connectivity index (χ1) is 5.70. The third-order valence-electron chi connectivity index (χ3n) is 1.58. The molecule has 0 unspecified atom stereocenters. The number of hydrogen-bond acceptors (Lipinski definition) is 3. The monoisotopic (exact) mass is 172 g/mol. The molecular formula is C8H16N2O2. The first-order valence-electron chi connectivity index (χ1n) is 3.98. The van der Waals surface area contributed by atoms with E-state index in [0.29, 0.717) is 12.3 Å². The second kappa shape index (κ2) is 6.64. The summed E-state index contributed by atoms with van der Waals surface area (Å²) in [5, 5.41) is 0. The average Bonchev–Trinajstić information content (AvgIpc) is 2.11. The lowest BCUT2D eigenvalue weighted by Gasteiger charge is -1.99. The van der Waals surface area contributed by atoms with E-state index in [0.717, 1.165) is 19.3 Å². The van der Waals surface area contributed by atoms with Gasteiger partial charge in [0, 0.05) is 19.9 Å². The average molecular weight is 172 g/mol. The van der Waals surface area contributed by atoms with Crippen LogP contribution in [0.1, 0.15) is 25.7 Å². The third-order valence-corrected chi connectivity index (χ3v) is 1.58. The van der Waals surface area contributed by atoms with Gasteiger partial charge < -0.3 is 10.5 Å². The van der Waals surface area contributed by atoms with Crippen LogP contribution in [0.4, 0.5) is 0 Å². The van der Waals surface area contributed by atoms with Gasteiger partial charge in [-0.25, -0.2) is 0 Å². The van der Waals surface area contributed by atoms with Gasteiger partial charge in [-0.15, -0.1) is 0 Å². The summed E-state index contributed by atoms with van der Waals surface area (Å²) in [6.07, 6.45) is 2.92. The molecule has 0 aromatic carbocycles. The number of hydrogen-bond donors (Lipinski definition) is 1. The Kier molecular flexibility index (Phi) is 6.05. The van der Waals surface area contributed by atoms with Gasteiger partial charge >= 0.3 is 5.97 Å². The highest BCUT2D eigenvalue weighted by Gasteiger charge is 1.99. The summed E-state index contributed by atoms with van der Waals surface area (Å²) in [5.41, 5.74) is 5.46. The molecule has 0 rings (SSSR count). The summed E-state index contributed by atoms with van der Waals surface area (Å²) >= 11 is 0. The van der Waals surface area contributed by atoms with Crippen molar-refractivity contribution in [2.75, 3.05) is 14.2 Å². The third kappa shape index (κ3) is 5.70. The lowest BCUT2D eigenvalue weighted by atomic mass is 10.2. The Morgan fingerprint density at radius 2 is 2.00 bits per heavy atom. The van der Waals surface area contributed by atoms with E-state index in [2.05, 4.69) is 9.73 Å². The van der Waals surface area contributed by atoms with Crippen molar-refractivity contribution < 1.29 is 9.53 Å². The first kappa shape index (κ1) is 10.9. The standard InChI is InChI=1S/C8H16N2O2/c1-10-7(9)5-3-4-6-8(11)12-2/h3-6H2,1-2H3,(H2,9,10). The predicted molar refractivity (Wildman–Crippen MR) is 48.0 cm³/mol. The number of nitrogens with zero attached hydrogens (tertiary/aromatic N) is 1. The van der Waals surface area contributed by atoms with Crippen LogP contribution in [0.15, 0.2) is 4.99 Å². The van der Waals surface area contributed by atoms with E-state index in [4.69, 9.17) is 5.73 Å². The van der Waals surface area contributed by atoms with Gasteiger partial charge in [0.1, 0.15) is 0 Å². The van der Waals surface area contributed by atoms with Crippen molar-refractivity contribution in [1.82, 2.24) is 0 Å². The second-order valence-electron chi connectivity index (χ2n) is 2.50. The molecule has 0 aromatic heterocycles. The molecule has 0 saturated carbocycles. The van der Waals surface area contributed by atoms with Gasteiger partial charge in [-0.1, -0.05) is 0 Å². The van der Waals surface area contributed by atoms with Crippen LogP contribution in [0.3, 0.4) is 0 Å². The minimum absolute atomic E-state index is 0.165. The van der Waals surface area contributed by atoms with E-state index in [-0.39, 0.29) is 5.97 Å². The molecule has 0 aliphatic heterocycles. The number of amidine groups is 1. The smallest absolute Gasteiger partial charge is 0.305 e. The Balaban J connectivity index is 3.27. The van der Waals surface area contributed by atoms with Crippen LogP contribution in [0.2, 0.25) is 0 Å². The number of methoxy groups -OCH3 is 1. The maximum absolute atomic E-state index is 10.6. The van der Waals surface area contributed by atoms with Crippen molar-refractivity contribution in [3.63, 3.8) is 0 Å². The number of carbonyl (C=O) groups is 1. The lowest BCUT2D eigenvalue weighted by Crippen LogP contribution is -2.11. The summed E-state index contributed by atoms with van der Waals surface area (Å²) in [4.78, 5) is 14.4. The van der Waals surface area contributed by atoms with Gasteiger partial charge in [0.2, 0.25) is 0 Å². The van der Waals surface area contributed by atoms with Crippen LogP contribution < -0.4 is 5.73 Å². The molecule has 0 amide bonds. The molecule has 0 spiro atoms. The topological polar surface area (TPSA) is 64.7 Å². The normalized spacial score (nSPS) is 11.3. The summed E-state index contributed by atoms with van der Waals surface area (Å²) < 4.78 is 4.48. The molecular weight excluding hydrogens is 156 g/mol. The van der Waals surface area contributed by atoms with Crippen molar-refractivity contribution in [2.24, 2.45) is 10.7 Å². The van der Waals surface area contributed by atoms with Crippen molar-refractivity contribution in [3.8, 4) is 0 Å². The second-order valence-corrected chi connectivity index (χ2v) is 2.50. The van der Waals surface area contributed by atoms with Crippen LogP contribution in [0.5, 0.6) is 0 Å². The minimum Gasteiger partial charge on any atom is -0.469 e. The molecule has 12 heavy (non-hydrogen) atoms. The van der Waals surface area contributed by atoms with Crippen molar-refractivity contribution in [3.05, 3.63) is 0 Å². The van der Waals surface area contributed by atoms with Crippen LogP contribution in [-0.2, 0) is 9.53 Å². The van der Waals surface area contributed by atoms with Gasteiger partial charge in [0.25, 0.3) is 0 Å².